The number of benzene rings is 2. The van der Waals surface area contributed by atoms with E-state index in [-0.39, 0.29) is 30.2 Å². The Kier molecular flexibility index (Phi) is 6.38. The van der Waals surface area contributed by atoms with Crippen LogP contribution in [-0.2, 0) is 11.2 Å². The molecular weight excluding hydrogens is 358 g/mol. The van der Waals surface area contributed by atoms with E-state index in [1.807, 2.05) is 30.3 Å². The van der Waals surface area contributed by atoms with E-state index < -0.39 is 4.92 Å². The fourth-order valence-electron chi connectivity index (χ4n) is 3.65. The van der Waals surface area contributed by atoms with Crippen LogP contribution in [0.15, 0.2) is 54.6 Å². The maximum atomic E-state index is 13.0. The number of likely N-dealkylation sites (N-methyl/N-ethyl adjacent to an activating group) is 1. The quantitative estimate of drug-likeness (QED) is 0.586. The lowest BCUT2D eigenvalue weighted by Gasteiger charge is -2.32. The number of carbonyl (C=O) groups is 1. The minimum atomic E-state index is -0.455. The molecule has 0 unspecified atom stereocenters. The van der Waals surface area contributed by atoms with Crippen LogP contribution in [0.1, 0.15) is 23.6 Å². The van der Waals surface area contributed by atoms with Crippen LogP contribution in [0.3, 0.4) is 0 Å². The van der Waals surface area contributed by atoms with Gasteiger partial charge >= 0.3 is 0 Å². The number of nitrogens with zero attached hydrogens (tertiary/aromatic N) is 3. The number of carbonyl (C=O) groups excluding carboxylic acids is 1. The van der Waals surface area contributed by atoms with Crippen LogP contribution >= 0.6 is 0 Å². The number of β-amino-alcohol motifs (C(OH)–C–C–N with tert-alkyl or cyclic N) is 1. The third-order valence-electron chi connectivity index (χ3n) is 5.25. The predicted molar refractivity (Wildman–Crippen MR) is 106 cm³/mol. The van der Waals surface area contributed by atoms with Crippen molar-refractivity contribution in [1.29, 1.82) is 0 Å². The zero-order valence-corrected chi connectivity index (χ0v) is 15.9. The summed E-state index contributed by atoms with van der Waals surface area (Å²) in [5.74, 6) is -0.178. The van der Waals surface area contributed by atoms with E-state index in [1.165, 1.54) is 6.07 Å². The lowest BCUT2D eigenvalue weighted by Crippen LogP contribution is -2.39. The summed E-state index contributed by atoms with van der Waals surface area (Å²) >= 11 is 0. The molecule has 1 aliphatic heterocycles. The fourth-order valence-corrected chi connectivity index (χ4v) is 3.65. The third kappa shape index (κ3) is 4.74. The van der Waals surface area contributed by atoms with Crippen molar-refractivity contribution in [1.82, 2.24) is 9.80 Å². The van der Waals surface area contributed by atoms with Gasteiger partial charge in [0, 0.05) is 38.3 Å². The van der Waals surface area contributed by atoms with Gasteiger partial charge in [-0.2, -0.15) is 0 Å². The van der Waals surface area contributed by atoms with Gasteiger partial charge in [0.1, 0.15) is 0 Å². The van der Waals surface area contributed by atoms with E-state index in [4.69, 9.17) is 0 Å². The Labute approximate surface area is 164 Å². The average molecular weight is 383 g/mol. The molecule has 3 rings (SSSR count). The van der Waals surface area contributed by atoms with Gasteiger partial charge in [-0.05, 0) is 12.0 Å². The summed E-state index contributed by atoms with van der Waals surface area (Å²) in [5.41, 5.74) is 1.37. The van der Waals surface area contributed by atoms with Crippen LogP contribution in [0.5, 0.6) is 0 Å². The number of nitro benzene ring substituents is 1. The second kappa shape index (κ2) is 8.95. The zero-order valence-electron chi connectivity index (χ0n) is 15.9. The van der Waals surface area contributed by atoms with Crippen LogP contribution in [0.4, 0.5) is 5.69 Å². The first kappa shape index (κ1) is 20.0. The Morgan fingerprint density at radius 1 is 1.25 bits per heavy atom. The zero-order chi connectivity index (χ0) is 20.1. The number of amides is 1. The number of aliphatic hydroxyl groups excluding tert-OH is 1. The Bertz CT molecular complexity index is 827. The molecule has 0 radical (unpaired) electrons. The Morgan fingerprint density at radius 2 is 1.93 bits per heavy atom. The highest BCUT2D eigenvalue weighted by molar-refractivity contribution is 5.80. The fraction of sp³-hybridized carbons (Fsp3) is 0.381. The molecule has 2 aromatic rings. The first-order valence-electron chi connectivity index (χ1n) is 9.39. The molecule has 1 N–H and O–H groups in total. The average Bonchev–Trinajstić information content (AvgIpc) is 3.11. The summed E-state index contributed by atoms with van der Waals surface area (Å²) in [6, 6.07) is 15.9. The molecule has 28 heavy (non-hydrogen) atoms. The van der Waals surface area contributed by atoms with Gasteiger partial charge < -0.3 is 10.0 Å². The van der Waals surface area contributed by atoms with Gasteiger partial charge in [-0.15, -0.1) is 0 Å². The molecule has 2 aromatic carbocycles. The molecule has 1 fully saturated rings. The molecular formula is C21H25N3O4. The summed E-state index contributed by atoms with van der Waals surface area (Å²) in [7, 11) is 1.74. The third-order valence-corrected chi connectivity index (χ3v) is 5.25. The smallest absolute Gasteiger partial charge is 0.273 e. The summed E-state index contributed by atoms with van der Waals surface area (Å²) < 4.78 is 0. The number of rotatable bonds is 7. The highest BCUT2D eigenvalue weighted by Crippen LogP contribution is 2.25. The second-order valence-corrected chi connectivity index (χ2v) is 7.20. The SMILES string of the molecule is CN(C(=O)Cc1ccccc1[N+](=O)[O-])[C@H](CN1CC[C@@H](O)C1)c1ccccc1. The van der Waals surface area contributed by atoms with E-state index in [9.17, 15) is 20.0 Å². The highest BCUT2D eigenvalue weighted by Gasteiger charge is 2.28. The van der Waals surface area contributed by atoms with Crippen molar-refractivity contribution >= 4 is 11.6 Å². The largest absolute Gasteiger partial charge is 0.392 e. The van der Waals surface area contributed by atoms with Gasteiger partial charge in [-0.3, -0.25) is 19.8 Å². The van der Waals surface area contributed by atoms with Crippen LogP contribution in [0, 0.1) is 10.1 Å². The summed E-state index contributed by atoms with van der Waals surface area (Å²) in [6.07, 6.45) is 0.374. The van der Waals surface area contributed by atoms with Crippen LogP contribution in [0.25, 0.3) is 0 Å². The molecule has 0 aromatic heterocycles. The van der Waals surface area contributed by atoms with Gasteiger partial charge in [0.15, 0.2) is 0 Å². The Morgan fingerprint density at radius 3 is 2.57 bits per heavy atom. The molecule has 148 valence electrons. The van der Waals surface area contributed by atoms with Gasteiger partial charge in [-0.25, -0.2) is 0 Å². The van der Waals surface area contributed by atoms with Crippen molar-refractivity contribution in [2.75, 3.05) is 26.7 Å². The van der Waals surface area contributed by atoms with E-state index >= 15 is 0 Å². The van der Waals surface area contributed by atoms with E-state index in [0.717, 1.165) is 18.5 Å². The van der Waals surface area contributed by atoms with Crippen molar-refractivity contribution in [3.8, 4) is 0 Å². The summed E-state index contributed by atoms with van der Waals surface area (Å²) in [4.78, 5) is 27.6. The molecule has 1 aliphatic rings. The molecule has 7 nitrogen and oxygen atoms in total. The molecule has 0 saturated carbocycles. The minimum Gasteiger partial charge on any atom is -0.392 e. The molecule has 1 saturated heterocycles. The number of aliphatic hydroxyl groups is 1. The van der Waals surface area contributed by atoms with Crippen molar-refractivity contribution in [2.24, 2.45) is 0 Å². The van der Waals surface area contributed by atoms with Crippen molar-refractivity contribution in [3.05, 3.63) is 75.8 Å². The van der Waals surface area contributed by atoms with Crippen LogP contribution in [0.2, 0.25) is 0 Å². The molecule has 7 heteroatoms. The normalized spacial score (nSPS) is 18.0. The maximum Gasteiger partial charge on any atom is 0.273 e. The van der Waals surface area contributed by atoms with Gasteiger partial charge in [-0.1, -0.05) is 48.5 Å². The Balaban J connectivity index is 1.79. The first-order valence-corrected chi connectivity index (χ1v) is 9.39. The van der Waals surface area contributed by atoms with Crippen molar-refractivity contribution in [2.45, 2.75) is 25.0 Å². The van der Waals surface area contributed by atoms with Crippen LogP contribution in [-0.4, -0.2) is 58.5 Å². The number of para-hydroxylation sites is 1. The summed E-state index contributed by atoms with van der Waals surface area (Å²) in [5, 5.41) is 21.1. The minimum absolute atomic E-state index is 0.0282. The first-order chi connectivity index (χ1) is 13.5. The van der Waals surface area contributed by atoms with Crippen molar-refractivity contribution < 1.29 is 14.8 Å². The van der Waals surface area contributed by atoms with Crippen LogP contribution < -0.4 is 0 Å². The molecule has 0 aliphatic carbocycles. The van der Waals surface area contributed by atoms with E-state index in [0.29, 0.717) is 18.7 Å². The Hall–Kier alpha value is -2.77. The molecule has 0 spiro atoms. The van der Waals surface area contributed by atoms with Gasteiger partial charge in [0.25, 0.3) is 5.69 Å². The number of hydrogen-bond acceptors (Lipinski definition) is 5. The maximum absolute atomic E-state index is 13.0. The lowest BCUT2D eigenvalue weighted by molar-refractivity contribution is -0.385. The van der Waals surface area contributed by atoms with Gasteiger partial charge in [0.05, 0.1) is 23.5 Å². The van der Waals surface area contributed by atoms with Crippen molar-refractivity contribution in [3.63, 3.8) is 0 Å². The van der Waals surface area contributed by atoms with E-state index in [1.54, 1.807) is 30.1 Å². The monoisotopic (exact) mass is 383 g/mol. The molecule has 1 amide bonds. The lowest BCUT2D eigenvalue weighted by atomic mass is 10.0. The number of hydrogen-bond donors (Lipinski definition) is 1. The second-order valence-electron chi connectivity index (χ2n) is 7.20. The topological polar surface area (TPSA) is 86.9 Å². The summed E-state index contributed by atoms with van der Waals surface area (Å²) in [6.45, 7) is 1.99. The molecule has 0 bridgehead atoms. The highest BCUT2D eigenvalue weighted by atomic mass is 16.6. The van der Waals surface area contributed by atoms with Gasteiger partial charge in [0.2, 0.25) is 5.91 Å². The molecule has 2 atom stereocenters. The number of nitro groups is 1. The molecule has 1 heterocycles. The predicted octanol–water partition coefficient (Wildman–Crippen LogP) is 2.40. The van der Waals surface area contributed by atoms with E-state index in [2.05, 4.69) is 4.90 Å². The number of likely N-dealkylation sites (tertiary alicyclic amines) is 1. The standard InChI is InChI=1S/C21H25N3O4/c1-22(21(26)13-17-9-5-6-10-19(17)24(27)28)20(16-7-3-2-4-8-16)15-23-12-11-18(25)14-23/h2-10,18,20,25H,11-15H2,1H3/t18-,20-/m1/s1.